The summed E-state index contributed by atoms with van der Waals surface area (Å²) in [6, 6.07) is 0.861. The Labute approximate surface area is 119 Å². The molecule has 2 saturated heterocycles. The lowest BCUT2D eigenvalue weighted by atomic mass is 10.0. The molecule has 0 radical (unpaired) electrons. The fourth-order valence-electron chi connectivity index (χ4n) is 3.04. The quantitative estimate of drug-likeness (QED) is 0.609. The number of hydrogen-bond acceptors (Lipinski definition) is 3. The van der Waals surface area contributed by atoms with Gasteiger partial charge in [-0.1, -0.05) is 6.42 Å². The molecule has 2 fully saturated rings. The number of nitrogens with zero attached hydrogens (tertiary/aromatic N) is 2. The SMILES string of the molecule is CNC(=O)CCCC[C@@H]1SC[C@H]2[C@@H]1N(C)C(=O)N2C. The van der Waals surface area contributed by atoms with E-state index in [0.29, 0.717) is 23.8 Å². The Hall–Kier alpha value is -0.910. The number of carbonyl (C=O) groups excluding carboxylic acids is 2. The van der Waals surface area contributed by atoms with Crippen LogP contribution in [0.25, 0.3) is 0 Å². The molecule has 3 atom stereocenters. The normalized spacial score (nSPS) is 29.8. The van der Waals surface area contributed by atoms with Crippen LogP contribution in [0.1, 0.15) is 25.7 Å². The van der Waals surface area contributed by atoms with Crippen LogP contribution in [0.3, 0.4) is 0 Å². The number of nitrogens with one attached hydrogen (secondary N) is 1. The van der Waals surface area contributed by atoms with E-state index in [2.05, 4.69) is 5.32 Å². The minimum absolute atomic E-state index is 0.116. The van der Waals surface area contributed by atoms with E-state index < -0.39 is 0 Å². The highest BCUT2D eigenvalue weighted by atomic mass is 32.2. The lowest BCUT2D eigenvalue weighted by molar-refractivity contribution is -0.120. The zero-order chi connectivity index (χ0) is 14.0. The summed E-state index contributed by atoms with van der Waals surface area (Å²) in [4.78, 5) is 26.8. The maximum Gasteiger partial charge on any atom is 0.320 e. The molecular formula is C13H23N3O2S. The van der Waals surface area contributed by atoms with E-state index in [4.69, 9.17) is 0 Å². The summed E-state index contributed by atoms with van der Waals surface area (Å²) in [6.07, 6.45) is 3.69. The molecule has 0 unspecified atom stereocenters. The topological polar surface area (TPSA) is 52.7 Å². The number of rotatable bonds is 5. The fraction of sp³-hybridized carbons (Fsp3) is 0.846. The van der Waals surface area contributed by atoms with E-state index in [1.165, 1.54) is 0 Å². The second-order valence-electron chi connectivity index (χ2n) is 5.35. The molecule has 0 bridgehead atoms. The highest BCUT2D eigenvalue weighted by Gasteiger charge is 2.49. The van der Waals surface area contributed by atoms with E-state index >= 15 is 0 Å². The molecule has 1 N–H and O–H groups in total. The molecule has 0 aromatic rings. The van der Waals surface area contributed by atoms with Gasteiger partial charge in [-0.2, -0.15) is 11.8 Å². The average molecular weight is 285 g/mol. The van der Waals surface area contributed by atoms with Gasteiger partial charge in [0.05, 0.1) is 12.1 Å². The third-order valence-electron chi connectivity index (χ3n) is 4.23. The van der Waals surface area contributed by atoms with Gasteiger partial charge >= 0.3 is 6.03 Å². The fourth-order valence-corrected chi connectivity index (χ4v) is 4.80. The van der Waals surface area contributed by atoms with Crippen molar-refractivity contribution in [3.05, 3.63) is 0 Å². The number of hydrogen-bond donors (Lipinski definition) is 1. The Morgan fingerprint density at radius 3 is 2.79 bits per heavy atom. The van der Waals surface area contributed by atoms with E-state index in [-0.39, 0.29) is 11.9 Å². The molecule has 0 aromatic carbocycles. The lowest BCUT2D eigenvalue weighted by Crippen LogP contribution is -2.38. The molecule has 19 heavy (non-hydrogen) atoms. The summed E-state index contributed by atoms with van der Waals surface area (Å²) in [5, 5.41) is 3.17. The van der Waals surface area contributed by atoms with Crippen LogP contribution < -0.4 is 5.32 Å². The standard InChI is InChI=1S/C13H23N3O2S/c1-14-11(17)7-5-4-6-10-12-9(8-19-10)15(2)13(18)16(12)3/h9-10,12H,4-8H2,1-3H3,(H,14,17)/t9-,10-,12-/m0/s1. The molecule has 0 saturated carbocycles. The van der Waals surface area contributed by atoms with Crippen molar-refractivity contribution in [3.8, 4) is 0 Å². The Kier molecular flexibility index (Phi) is 4.60. The Balaban J connectivity index is 1.80. The summed E-state index contributed by atoms with van der Waals surface area (Å²) in [5.41, 5.74) is 0. The summed E-state index contributed by atoms with van der Waals surface area (Å²) in [6.45, 7) is 0. The maximum absolute atomic E-state index is 11.9. The number of fused-ring (bicyclic) bond motifs is 1. The first-order valence-corrected chi connectivity index (χ1v) is 7.93. The van der Waals surface area contributed by atoms with Gasteiger partial charge in [-0.05, 0) is 12.8 Å². The van der Waals surface area contributed by atoms with Gasteiger partial charge in [0.25, 0.3) is 0 Å². The molecule has 2 rings (SSSR count). The van der Waals surface area contributed by atoms with E-state index in [0.717, 1.165) is 25.0 Å². The van der Waals surface area contributed by atoms with Crippen molar-refractivity contribution in [3.63, 3.8) is 0 Å². The molecule has 0 spiro atoms. The summed E-state index contributed by atoms with van der Waals surface area (Å²) in [5.74, 6) is 1.15. The van der Waals surface area contributed by atoms with Gasteiger partial charge in [0, 0.05) is 38.6 Å². The third kappa shape index (κ3) is 2.83. The van der Waals surface area contributed by atoms with Crippen molar-refractivity contribution in [2.75, 3.05) is 26.9 Å². The highest BCUT2D eigenvalue weighted by Crippen LogP contribution is 2.40. The van der Waals surface area contributed by atoms with Crippen LogP contribution in [0.5, 0.6) is 0 Å². The molecule has 108 valence electrons. The molecule has 5 nitrogen and oxygen atoms in total. The van der Waals surface area contributed by atoms with Gasteiger partial charge in [0.2, 0.25) is 5.91 Å². The van der Waals surface area contributed by atoms with Gasteiger partial charge in [-0.15, -0.1) is 0 Å². The summed E-state index contributed by atoms with van der Waals surface area (Å²) >= 11 is 1.97. The molecule has 2 heterocycles. The number of carbonyl (C=O) groups is 2. The van der Waals surface area contributed by atoms with E-state index in [1.54, 1.807) is 7.05 Å². The molecule has 0 aromatic heterocycles. The number of thioether (sulfide) groups is 1. The number of unbranched alkanes of at least 4 members (excludes halogenated alkanes) is 1. The average Bonchev–Trinajstić information content (AvgIpc) is 2.92. The predicted molar refractivity (Wildman–Crippen MR) is 77.3 cm³/mol. The van der Waals surface area contributed by atoms with Gasteiger partial charge in [0.1, 0.15) is 0 Å². The second-order valence-corrected chi connectivity index (χ2v) is 6.63. The Bertz CT molecular complexity index is 364. The smallest absolute Gasteiger partial charge is 0.320 e. The van der Waals surface area contributed by atoms with Crippen LogP contribution in [-0.4, -0.2) is 66.0 Å². The van der Waals surface area contributed by atoms with Crippen molar-refractivity contribution in [2.24, 2.45) is 0 Å². The zero-order valence-corrected chi connectivity index (χ0v) is 12.7. The lowest BCUT2D eigenvalue weighted by Gasteiger charge is -2.23. The van der Waals surface area contributed by atoms with Crippen LogP contribution in [0.15, 0.2) is 0 Å². The van der Waals surface area contributed by atoms with Crippen molar-refractivity contribution in [1.82, 2.24) is 15.1 Å². The second kappa shape index (κ2) is 6.03. The predicted octanol–water partition coefficient (Wildman–Crippen LogP) is 1.14. The number of amides is 3. The molecule has 6 heteroatoms. The summed E-state index contributed by atoms with van der Waals surface area (Å²) in [7, 11) is 5.49. The van der Waals surface area contributed by atoms with Crippen molar-refractivity contribution < 1.29 is 9.59 Å². The molecule has 2 aliphatic heterocycles. The number of urea groups is 1. The van der Waals surface area contributed by atoms with E-state index in [1.807, 2.05) is 35.7 Å². The maximum atomic E-state index is 11.9. The first kappa shape index (κ1) is 14.5. The molecule has 3 amide bonds. The Morgan fingerprint density at radius 1 is 1.37 bits per heavy atom. The molecule has 0 aliphatic carbocycles. The zero-order valence-electron chi connectivity index (χ0n) is 11.9. The minimum Gasteiger partial charge on any atom is -0.359 e. The third-order valence-corrected chi connectivity index (χ3v) is 5.70. The van der Waals surface area contributed by atoms with Gasteiger partial charge in [-0.25, -0.2) is 4.79 Å². The van der Waals surface area contributed by atoms with Gasteiger partial charge < -0.3 is 15.1 Å². The Morgan fingerprint density at radius 2 is 2.11 bits per heavy atom. The first-order chi connectivity index (χ1) is 9.06. The van der Waals surface area contributed by atoms with Gasteiger partial charge in [0.15, 0.2) is 0 Å². The van der Waals surface area contributed by atoms with Crippen LogP contribution >= 0.6 is 11.8 Å². The van der Waals surface area contributed by atoms with Crippen molar-refractivity contribution >= 4 is 23.7 Å². The van der Waals surface area contributed by atoms with Crippen LogP contribution in [0, 0.1) is 0 Å². The highest BCUT2D eigenvalue weighted by molar-refractivity contribution is 8.00. The largest absolute Gasteiger partial charge is 0.359 e. The van der Waals surface area contributed by atoms with Gasteiger partial charge in [-0.3, -0.25) is 4.79 Å². The van der Waals surface area contributed by atoms with Crippen molar-refractivity contribution in [1.29, 1.82) is 0 Å². The number of likely N-dealkylation sites (N-methyl/N-ethyl adjacent to an activating group) is 2. The van der Waals surface area contributed by atoms with Crippen LogP contribution in [-0.2, 0) is 4.79 Å². The van der Waals surface area contributed by atoms with Crippen molar-refractivity contribution in [2.45, 2.75) is 43.0 Å². The molecule has 2 aliphatic rings. The summed E-state index contributed by atoms with van der Waals surface area (Å²) < 4.78 is 0. The minimum atomic E-state index is 0.116. The van der Waals surface area contributed by atoms with Crippen LogP contribution in [0.4, 0.5) is 4.79 Å². The first-order valence-electron chi connectivity index (χ1n) is 6.88. The van der Waals surface area contributed by atoms with Crippen LogP contribution in [0.2, 0.25) is 0 Å². The monoisotopic (exact) mass is 285 g/mol. The molecular weight excluding hydrogens is 262 g/mol. The van der Waals surface area contributed by atoms with E-state index in [9.17, 15) is 9.59 Å².